The molecule has 0 bridgehead atoms. The minimum Gasteiger partial charge on any atom is -0.349 e. The number of hydrogen-bond acceptors (Lipinski definition) is 3. The van der Waals surface area contributed by atoms with Crippen LogP contribution in [0.2, 0.25) is 0 Å². The Bertz CT molecular complexity index is 777. The lowest BCUT2D eigenvalue weighted by atomic mass is 10.1. The van der Waals surface area contributed by atoms with Gasteiger partial charge in [-0.2, -0.15) is 0 Å². The largest absolute Gasteiger partial charge is 0.349 e. The van der Waals surface area contributed by atoms with Crippen molar-refractivity contribution in [3.8, 4) is 11.3 Å². The van der Waals surface area contributed by atoms with Crippen LogP contribution in [0.5, 0.6) is 0 Å². The van der Waals surface area contributed by atoms with Crippen molar-refractivity contribution in [1.82, 2.24) is 15.6 Å². The molecule has 24 heavy (non-hydrogen) atoms. The van der Waals surface area contributed by atoms with Gasteiger partial charge in [0.25, 0.3) is 11.8 Å². The fraction of sp³-hybridized carbons (Fsp3) is 0.316. The van der Waals surface area contributed by atoms with Crippen LogP contribution >= 0.6 is 0 Å². The Morgan fingerprint density at radius 3 is 2.00 bits per heavy atom. The molecule has 0 radical (unpaired) electrons. The van der Waals surface area contributed by atoms with Gasteiger partial charge in [0, 0.05) is 35.0 Å². The highest BCUT2D eigenvalue weighted by Gasteiger charge is 2.24. The van der Waals surface area contributed by atoms with E-state index < -0.39 is 0 Å². The number of hydrogen-bond donors (Lipinski definition) is 2. The topological polar surface area (TPSA) is 71.1 Å². The highest BCUT2D eigenvalue weighted by Crippen LogP contribution is 2.22. The zero-order chi connectivity index (χ0) is 16.5. The van der Waals surface area contributed by atoms with E-state index in [1.54, 1.807) is 30.5 Å². The van der Waals surface area contributed by atoms with Crippen molar-refractivity contribution < 1.29 is 9.59 Å². The normalized spacial score (nSPS) is 16.5. The first-order valence-electron chi connectivity index (χ1n) is 8.37. The summed E-state index contributed by atoms with van der Waals surface area (Å²) in [4.78, 5) is 28.5. The number of rotatable bonds is 5. The van der Waals surface area contributed by atoms with Gasteiger partial charge in [-0.25, -0.2) is 0 Å². The lowest BCUT2D eigenvalue weighted by molar-refractivity contribution is 0.0942. The van der Waals surface area contributed by atoms with E-state index in [1.165, 1.54) is 0 Å². The second kappa shape index (κ2) is 6.07. The first kappa shape index (κ1) is 14.9. The molecule has 1 aromatic heterocycles. The monoisotopic (exact) mass is 321 g/mol. The van der Waals surface area contributed by atoms with Gasteiger partial charge in [0.2, 0.25) is 0 Å². The van der Waals surface area contributed by atoms with Gasteiger partial charge in [0.1, 0.15) is 0 Å². The third-order valence-corrected chi connectivity index (χ3v) is 4.29. The molecule has 5 nitrogen and oxygen atoms in total. The van der Waals surface area contributed by atoms with E-state index in [0.717, 1.165) is 36.9 Å². The molecule has 1 aromatic carbocycles. The van der Waals surface area contributed by atoms with Crippen LogP contribution < -0.4 is 10.6 Å². The first-order chi connectivity index (χ1) is 11.7. The van der Waals surface area contributed by atoms with Gasteiger partial charge in [-0.3, -0.25) is 14.6 Å². The van der Waals surface area contributed by atoms with Crippen LogP contribution in [0.1, 0.15) is 46.4 Å². The minimum absolute atomic E-state index is 0.0328. The summed E-state index contributed by atoms with van der Waals surface area (Å²) < 4.78 is 0. The fourth-order valence-corrected chi connectivity index (χ4v) is 2.51. The Morgan fingerprint density at radius 1 is 0.833 bits per heavy atom. The molecule has 2 N–H and O–H groups in total. The molecule has 2 aromatic rings. The zero-order valence-electron chi connectivity index (χ0n) is 13.3. The number of carbonyl (C=O) groups excluding carboxylic acids is 2. The van der Waals surface area contributed by atoms with Gasteiger partial charge in [-0.15, -0.1) is 0 Å². The van der Waals surface area contributed by atoms with Crippen LogP contribution in [0.15, 0.2) is 42.6 Å². The Morgan fingerprint density at radius 2 is 1.42 bits per heavy atom. The molecule has 0 saturated heterocycles. The van der Waals surface area contributed by atoms with E-state index in [2.05, 4.69) is 15.6 Å². The van der Waals surface area contributed by atoms with Gasteiger partial charge < -0.3 is 10.6 Å². The maximum absolute atomic E-state index is 12.1. The van der Waals surface area contributed by atoms with Crippen molar-refractivity contribution in [1.29, 1.82) is 0 Å². The highest BCUT2D eigenvalue weighted by atomic mass is 16.2. The molecular formula is C19H19N3O2. The SMILES string of the molecule is O=C(NC1CC1)c1ccc(-c2cc(C(=O)NC3CC3)ccn2)cc1. The Kier molecular flexibility index (Phi) is 3.76. The summed E-state index contributed by atoms with van der Waals surface area (Å²) in [5.74, 6) is -0.0869. The summed E-state index contributed by atoms with van der Waals surface area (Å²) >= 11 is 0. The van der Waals surface area contributed by atoms with Gasteiger partial charge >= 0.3 is 0 Å². The number of nitrogens with one attached hydrogen (secondary N) is 2. The van der Waals surface area contributed by atoms with Crippen molar-refractivity contribution >= 4 is 11.8 Å². The fourth-order valence-electron chi connectivity index (χ4n) is 2.51. The van der Waals surface area contributed by atoms with Crippen molar-refractivity contribution in [3.05, 3.63) is 53.7 Å². The quantitative estimate of drug-likeness (QED) is 0.889. The molecule has 4 rings (SSSR count). The molecule has 2 amide bonds. The van der Waals surface area contributed by atoms with E-state index in [9.17, 15) is 9.59 Å². The maximum atomic E-state index is 12.1. The predicted octanol–water partition coefficient (Wildman–Crippen LogP) is 2.53. The molecule has 2 aliphatic carbocycles. The Labute approximate surface area is 140 Å². The summed E-state index contributed by atoms with van der Waals surface area (Å²) in [5, 5.41) is 5.95. The molecule has 2 saturated carbocycles. The number of aromatic nitrogens is 1. The molecular weight excluding hydrogens is 302 g/mol. The molecule has 0 atom stereocenters. The summed E-state index contributed by atoms with van der Waals surface area (Å²) in [6, 6.07) is 11.5. The lowest BCUT2D eigenvalue weighted by Gasteiger charge is -2.07. The predicted molar refractivity (Wildman–Crippen MR) is 90.6 cm³/mol. The average molecular weight is 321 g/mol. The van der Waals surface area contributed by atoms with Crippen LogP contribution in [-0.2, 0) is 0 Å². The van der Waals surface area contributed by atoms with Crippen molar-refractivity contribution in [3.63, 3.8) is 0 Å². The molecule has 2 fully saturated rings. The maximum Gasteiger partial charge on any atom is 0.251 e. The number of nitrogens with zero attached hydrogens (tertiary/aromatic N) is 1. The lowest BCUT2D eigenvalue weighted by Crippen LogP contribution is -2.25. The Balaban J connectivity index is 1.50. The summed E-state index contributed by atoms with van der Waals surface area (Å²) in [6.45, 7) is 0. The van der Waals surface area contributed by atoms with E-state index in [-0.39, 0.29) is 11.8 Å². The first-order valence-corrected chi connectivity index (χ1v) is 8.37. The van der Waals surface area contributed by atoms with E-state index in [1.807, 2.05) is 12.1 Å². The molecule has 1 heterocycles. The summed E-state index contributed by atoms with van der Waals surface area (Å²) in [6.07, 6.45) is 5.92. The van der Waals surface area contributed by atoms with Gasteiger partial charge in [0.05, 0.1) is 5.69 Å². The number of benzene rings is 1. The van der Waals surface area contributed by atoms with Crippen LogP contribution in [-0.4, -0.2) is 28.9 Å². The van der Waals surface area contributed by atoms with Gasteiger partial charge in [-0.05, 0) is 49.9 Å². The van der Waals surface area contributed by atoms with Crippen molar-refractivity contribution in [2.75, 3.05) is 0 Å². The number of pyridine rings is 1. The van der Waals surface area contributed by atoms with Crippen molar-refractivity contribution in [2.45, 2.75) is 37.8 Å². The van der Waals surface area contributed by atoms with E-state index >= 15 is 0 Å². The second-order valence-corrected chi connectivity index (χ2v) is 6.50. The molecule has 2 aliphatic rings. The van der Waals surface area contributed by atoms with Gasteiger partial charge in [0.15, 0.2) is 0 Å². The van der Waals surface area contributed by atoms with Crippen LogP contribution in [0.4, 0.5) is 0 Å². The Hall–Kier alpha value is -2.69. The van der Waals surface area contributed by atoms with E-state index in [4.69, 9.17) is 0 Å². The molecule has 0 spiro atoms. The minimum atomic E-state index is -0.0541. The van der Waals surface area contributed by atoms with E-state index in [0.29, 0.717) is 23.2 Å². The molecule has 0 unspecified atom stereocenters. The van der Waals surface area contributed by atoms with Gasteiger partial charge in [-0.1, -0.05) is 12.1 Å². The molecule has 0 aliphatic heterocycles. The number of carbonyl (C=O) groups is 2. The van der Waals surface area contributed by atoms with Crippen LogP contribution in [0.25, 0.3) is 11.3 Å². The number of amides is 2. The third kappa shape index (κ3) is 3.45. The third-order valence-electron chi connectivity index (χ3n) is 4.29. The molecule has 122 valence electrons. The zero-order valence-corrected chi connectivity index (χ0v) is 13.3. The van der Waals surface area contributed by atoms with Crippen LogP contribution in [0, 0.1) is 0 Å². The molecule has 5 heteroatoms. The summed E-state index contributed by atoms with van der Waals surface area (Å²) in [5.41, 5.74) is 2.88. The summed E-state index contributed by atoms with van der Waals surface area (Å²) in [7, 11) is 0. The van der Waals surface area contributed by atoms with Crippen LogP contribution in [0.3, 0.4) is 0 Å². The second-order valence-electron chi connectivity index (χ2n) is 6.50. The smallest absolute Gasteiger partial charge is 0.251 e. The van der Waals surface area contributed by atoms with Crippen molar-refractivity contribution in [2.24, 2.45) is 0 Å². The average Bonchev–Trinajstić information content (AvgIpc) is 3.52. The highest BCUT2D eigenvalue weighted by molar-refractivity contribution is 5.96. The standard InChI is InChI=1S/C19H19N3O2/c23-18(21-15-5-6-15)13-3-1-12(2-4-13)17-11-14(9-10-20-17)19(24)22-16-7-8-16/h1-4,9-11,15-16H,5-8H2,(H,21,23)(H,22,24).